The Morgan fingerprint density at radius 2 is 2.28 bits per heavy atom. The fourth-order valence-corrected chi connectivity index (χ4v) is 4.63. The van der Waals surface area contributed by atoms with Crippen molar-refractivity contribution >= 4 is 11.3 Å². The highest BCUT2D eigenvalue weighted by Gasteiger charge is 2.56. The number of ether oxygens (including phenoxy) is 1. The molecule has 25 heavy (non-hydrogen) atoms. The van der Waals surface area contributed by atoms with Crippen molar-refractivity contribution in [2.24, 2.45) is 5.41 Å². The van der Waals surface area contributed by atoms with Gasteiger partial charge in [-0.15, -0.1) is 0 Å². The summed E-state index contributed by atoms with van der Waals surface area (Å²) in [5.74, 6) is 1.31. The van der Waals surface area contributed by atoms with Crippen LogP contribution >= 0.6 is 11.3 Å². The van der Waals surface area contributed by atoms with Gasteiger partial charge >= 0.3 is 0 Å². The highest BCUT2D eigenvalue weighted by molar-refractivity contribution is 7.07. The molecule has 2 atom stereocenters. The van der Waals surface area contributed by atoms with Crippen molar-refractivity contribution < 1.29 is 9.26 Å². The Hall–Kier alpha value is -1.28. The van der Waals surface area contributed by atoms with E-state index in [2.05, 4.69) is 37.2 Å². The Morgan fingerprint density at radius 1 is 1.44 bits per heavy atom. The Kier molecular flexibility index (Phi) is 4.90. The van der Waals surface area contributed by atoms with Gasteiger partial charge in [0, 0.05) is 19.7 Å². The third kappa shape index (κ3) is 3.65. The van der Waals surface area contributed by atoms with Crippen LogP contribution in [0.15, 0.2) is 21.3 Å². The monoisotopic (exact) mass is 362 g/mol. The summed E-state index contributed by atoms with van der Waals surface area (Å²) in [6, 6.07) is 2.83. The van der Waals surface area contributed by atoms with Gasteiger partial charge in [0.15, 0.2) is 5.82 Å². The van der Waals surface area contributed by atoms with Crippen LogP contribution in [0.5, 0.6) is 0 Å². The number of piperidine rings is 1. The molecule has 1 N–H and O–H groups in total. The summed E-state index contributed by atoms with van der Waals surface area (Å²) in [6.45, 7) is 5.86. The predicted octanol–water partition coefficient (Wildman–Crippen LogP) is 2.98. The summed E-state index contributed by atoms with van der Waals surface area (Å²) >= 11 is 1.75. The van der Waals surface area contributed by atoms with E-state index in [0.29, 0.717) is 29.7 Å². The number of hydrogen-bond donors (Lipinski definition) is 1. The smallest absolute Gasteiger partial charge is 0.240 e. The molecule has 0 aromatic carbocycles. The highest BCUT2D eigenvalue weighted by Crippen LogP contribution is 2.56. The SMILES string of the molecule is CO[C@H](C)c1noc(CN(Cc2ccsc2)[C@H]2CC23CCNCC3)n1. The lowest BCUT2D eigenvalue weighted by Crippen LogP contribution is -2.35. The molecule has 7 heteroatoms. The molecular weight excluding hydrogens is 336 g/mol. The minimum atomic E-state index is -0.139. The molecule has 0 radical (unpaired) electrons. The van der Waals surface area contributed by atoms with Crippen LogP contribution in [0.2, 0.25) is 0 Å². The number of nitrogens with one attached hydrogen (secondary N) is 1. The van der Waals surface area contributed by atoms with Crippen LogP contribution in [0.4, 0.5) is 0 Å². The summed E-state index contributed by atoms with van der Waals surface area (Å²) in [5, 5.41) is 11.9. The van der Waals surface area contributed by atoms with Gasteiger partial charge in [-0.1, -0.05) is 5.16 Å². The average molecular weight is 362 g/mol. The predicted molar refractivity (Wildman–Crippen MR) is 96.2 cm³/mol. The zero-order valence-corrected chi connectivity index (χ0v) is 15.7. The second-order valence-electron chi connectivity index (χ2n) is 7.29. The number of thiophene rings is 1. The number of methoxy groups -OCH3 is 1. The Bertz CT molecular complexity index is 681. The van der Waals surface area contributed by atoms with E-state index in [9.17, 15) is 0 Å². The van der Waals surface area contributed by atoms with E-state index < -0.39 is 0 Å². The molecule has 0 unspecified atom stereocenters. The summed E-state index contributed by atoms with van der Waals surface area (Å²) in [4.78, 5) is 7.07. The first-order valence-corrected chi connectivity index (χ1v) is 9.95. The van der Waals surface area contributed by atoms with Gasteiger partial charge in [-0.3, -0.25) is 4.90 Å². The highest BCUT2D eigenvalue weighted by atomic mass is 32.1. The molecule has 1 spiro atoms. The third-order valence-electron chi connectivity index (χ3n) is 5.69. The average Bonchev–Trinajstić information content (AvgIpc) is 3.03. The van der Waals surface area contributed by atoms with Crippen LogP contribution in [0, 0.1) is 5.41 Å². The van der Waals surface area contributed by atoms with Crippen LogP contribution in [0.3, 0.4) is 0 Å². The normalized spacial score (nSPS) is 23.2. The van der Waals surface area contributed by atoms with E-state index in [4.69, 9.17) is 9.26 Å². The molecule has 0 amide bonds. The van der Waals surface area contributed by atoms with E-state index in [1.807, 2.05) is 6.92 Å². The van der Waals surface area contributed by atoms with Gasteiger partial charge < -0.3 is 14.6 Å². The summed E-state index contributed by atoms with van der Waals surface area (Å²) in [6.07, 6.45) is 3.69. The largest absolute Gasteiger partial charge is 0.374 e. The van der Waals surface area contributed by atoms with E-state index >= 15 is 0 Å². The number of hydrogen-bond acceptors (Lipinski definition) is 7. The molecule has 1 aliphatic heterocycles. The molecule has 2 aromatic heterocycles. The zero-order chi connectivity index (χ0) is 17.3. The standard InChI is InChI=1S/C18H26N4O2S/c1-13(23-2)17-20-16(24-21-17)11-22(10-14-3-8-25-12-14)15-9-18(15)4-6-19-7-5-18/h3,8,12-13,15,19H,4-7,9-11H2,1-2H3/t13-,15+/m1/s1. The quantitative estimate of drug-likeness (QED) is 0.817. The van der Waals surface area contributed by atoms with Gasteiger partial charge in [-0.25, -0.2) is 0 Å². The maximum Gasteiger partial charge on any atom is 0.240 e. The molecule has 2 aromatic rings. The molecule has 136 valence electrons. The first kappa shape index (κ1) is 17.1. The first-order valence-electron chi connectivity index (χ1n) is 9.01. The van der Waals surface area contributed by atoms with E-state index in [-0.39, 0.29) is 6.10 Å². The minimum absolute atomic E-state index is 0.139. The Balaban J connectivity index is 1.49. The van der Waals surface area contributed by atoms with Gasteiger partial charge in [0.1, 0.15) is 6.10 Å². The van der Waals surface area contributed by atoms with E-state index in [1.165, 1.54) is 24.8 Å². The molecule has 1 aliphatic carbocycles. The van der Waals surface area contributed by atoms with Gasteiger partial charge in [0.25, 0.3) is 0 Å². The molecule has 2 fully saturated rings. The van der Waals surface area contributed by atoms with Crippen LogP contribution < -0.4 is 5.32 Å². The molecule has 3 heterocycles. The molecule has 6 nitrogen and oxygen atoms in total. The van der Waals surface area contributed by atoms with Gasteiger partial charge in [-0.2, -0.15) is 16.3 Å². The van der Waals surface area contributed by atoms with Gasteiger partial charge in [-0.05, 0) is 67.1 Å². The van der Waals surface area contributed by atoms with Crippen LogP contribution in [0.25, 0.3) is 0 Å². The molecule has 1 saturated carbocycles. The topological polar surface area (TPSA) is 63.4 Å². The van der Waals surface area contributed by atoms with Crippen LogP contribution in [0.1, 0.15) is 49.6 Å². The first-order chi connectivity index (χ1) is 12.2. The third-order valence-corrected chi connectivity index (χ3v) is 6.42. The van der Waals surface area contributed by atoms with E-state index in [1.54, 1.807) is 18.4 Å². The fraction of sp³-hybridized carbons (Fsp3) is 0.667. The lowest BCUT2D eigenvalue weighted by Gasteiger charge is -2.28. The fourth-order valence-electron chi connectivity index (χ4n) is 3.97. The van der Waals surface area contributed by atoms with Crippen molar-refractivity contribution in [3.63, 3.8) is 0 Å². The number of nitrogens with zero attached hydrogens (tertiary/aromatic N) is 3. The summed E-state index contributed by atoms with van der Waals surface area (Å²) in [7, 11) is 1.66. The van der Waals surface area contributed by atoms with Crippen molar-refractivity contribution in [3.8, 4) is 0 Å². The minimum Gasteiger partial charge on any atom is -0.374 e. The molecular formula is C18H26N4O2S. The molecule has 2 aliphatic rings. The van der Waals surface area contributed by atoms with Gasteiger partial charge in [0.2, 0.25) is 5.89 Å². The van der Waals surface area contributed by atoms with Crippen molar-refractivity contribution in [2.75, 3.05) is 20.2 Å². The Labute approximate surface area is 152 Å². The maximum absolute atomic E-state index is 5.50. The van der Waals surface area contributed by atoms with Crippen molar-refractivity contribution in [2.45, 2.75) is 51.4 Å². The lowest BCUT2D eigenvalue weighted by molar-refractivity contribution is 0.109. The van der Waals surface area contributed by atoms with E-state index in [0.717, 1.165) is 19.6 Å². The summed E-state index contributed by atoms with van der Waals surface area (Å²) in [5.41, 5.74) is 1.86. The summed E-state index contributed by atoms with van der Waals surface area (Å²) < 4.78 is 10.8. The Morgan fingerprint density at radius 3 is 3.00 bits per heavy atom. The van der Waals surface area contributed by atoms with Crippen molar-refractivity contribution in [3.05, 3.63) is 34.1 Å². The molecule has 1 saturated heterocycles. The van der Waals surface area contributed by atoms with Crippen LogP contribution in [-0.2, 0) is 17.8 Å². The lowest BCUT2D eigenvalue weighted by atomic mass is 9.93. The second kappa shape index (κ2) is 7.15. The maximum atomic E-state index is 5.50. The number of rotatable bonds is 7. The number of aromatic nitrogens is 2. The molecule has 0 bridgehead atoms. The molecule has 4 rings (SSSR count). The van der Waals surface area contributed by atoms with Crippen molar-refractivity contribution in [1.29, 1.82) is 0 Å². The van der Waals surface area contributed by atoms with Gasteiger partial charge in [0.05, 0.1) is 6.54 Å². The van der Waals surface area contributed by atoms with Crippen LogP contribution in [-0.4, -0.2) is 41.3 Å². The second-order valence-corrected chi connectivity index (χ2v) is 8.07. The van der Waals surface area contributed by atoms with Crippen molar-refractivity contribution in [1.82, 2.24) is 20.4 Å². The zero-order valence-electron chi connectivity index (χ0n) is 14.9.